The number of hydrogen-bond acceptors (Lipinski definition) is 5. The van der Waals surface area contributed by atoms with Gasteiger partial charge in [-0.25, -0.2) is 0 Å². The molecule has 1 amide bonds. The van der Waals surface area contributed by atoms with Gasteiger partial charge in [0.2, 0.25) is 5.91 Å². The molecule has 120 valence electrons. The number of carbonyl (C=O) groups is 1. The van der Waals surface area contributed by atoms with Gasteiger partial charge >= 0.3 is 0 Å². The fraction of sp³-hybridized carbons (Fsp3) is 0.412. The van der Waals surface area contributed by atoms with Gasteiger partial charge in [-0.15, -0.1) is 23.1 Å². The maximum Gasteiger partial charge on any atom is 0.233 e. The van der Waals surface area contributed by atoms with Crippen LogP contribution in [0.2, 0.25) is 0 Å². The number of fused-ring (bicyclic) bond motifs is 1. The Kier molecular flexibility index (Phi) is 4.37. The van der Waals surface area contributed by atoms with Crippen LogP contribution in [0.4, 0.5) is 0 Å². The third-order valence-corrected chi connectivity index (χ3v) is 6.60. The molecule has 0 saturated carbocycles. The number of carbonyl (C=O) groups excluding carboxylic acids is 1. The third-order valence-electron chi connectivity index (χ3n) is 4.58. The van der Waals surface area contributed by atoms with Gasteiger partial charge in [-0.05, 0) is 35.6 Å². The van der Waals surface area contributed by atoms with Crippen LogP contribution in [-0.4, -0.2) is 52.1 Å². The molecule has 4 heterocycles. The Bertz CT molecular complexity index is 682. The molecule has 0 N–H and O–H groups in total. The lowest BCUT2D eigenvalue weighted by Crippen LogP contribution is -2.61. The molecule has 2 aromatic heterocycles. The van der Waals surface area contributed by atoms with Crippen molar-refractivity contribution in [1.29, 1.82) is 0 Å². The first-order valence-electron chi connectivity index (χ1n) is 7.89. The Labute approximate surface area is 144 Å². The molecule has 1 saturated heterocycles. The molecule has 4 nitrogen and oxygen atoms in total. The highest BCUT2D eigenvalue weighted by molar-refractivity contribution is 8.00. The molecule has 2 aliphatic rings. The van der Waals surface area contributed by atoms with Crippen LogP contribution in [0, 0.1) is 0 Å². The van der Waals surface area contributed by atoms with Crippen molar-refractivity contribution < 1.29 is 4.79 Å². The van der Waals surface area contributed by atoms with Crippen molar-refractivity contribution in [2.45, 2.75) is 23.9 Å². The largest absolute Gasteiger partial charge is 0.339 e. The van der Waals surface area contributed by atoms with Gasteiger partial charge in [-0.3, -0.25) is 14.7 Å². The first kappa shape index (κ1) is 15.2. The van der Waals surface area contributed by atoms with Crippen LogP contribution in [0.1, 0.15) is 10.4 Å². The molecule has 0 bridgehead atoms. The van der Waals surface area contributed by atoms with Gasteiger partial charge in [0, 0.05) is 54.4 Å². The standard InChI is InChI=1S/C17H19N3OS2/c21-17(12-23-15-1-5-18-6-2-15)20-10-14(11-20)19-7-3-16-13(9-19)4-8-22-16/h1-2,4-6,8,14H,3,7,9-12H2. The van der Waals surface area contributed by atoms with Crippen molar-refractivity contribution in [2.24, 2.45) is 0 Å². The second-order valence-corrected chi connectivity index (χ2v) is 8.06. The van der Waals surface area contributed by atoms with Crippen molar-refractivity contribution in [1.82, 2.24) is 14.8 Å². The van der Waals surface area contributed by atoms with Gasteiger partial charge in [0.1, 0.15) is 0 Å². The quantitative estimate of drug-likeness (QED) is 0.798. The zero-order valence-electron chi connectivity index (χ0n) is 12.9. The molecule has 0 aromatic carbocycles. The van der Waals surface area contributed by atoms with Gasteiger partial charge in [0.15, 0.2) is 0 Å². The fourth-order valence-corrected chi connectivity index (χ4v) is 4.82. The van der Waals surface area contributed by atoms with Crippen molar-refractivity contribution in [2.75, 3.05) is 25.4 Å². The molecular formula is C17H19N3OS2. The highest BCUT2D eigenvalue weighted by Crippen LogP contribution is 2.28. The Morgan fingerprint density at radius 2 is 2.13 bits per heavy atom. The van der Waals surface area contributed by atoms with E-state index >= 15 is 0 Å². The number of thiophene rings is 1. The predicted octanol–water partition coefficient (Wildman–Crippen LogP) is 2.50. The smallest absolute Gasteiger partial charge is 0.233 e. The van der Waals surface area contributed by atoms with E-state index in [1.165, 1.54) is 5.56 Å². The number of thioether (sulfide) groups is 1. The summed E-state index contributed by atoms with van der Waals surface area (Å²) >= 11 is 3.47. The van der Waals surface area contributed by atoms with E-state index in [9.17, 15) is 4.79 Å². The summed E-state index contributed by atoms with van der Waals surface area (Å²) in [5.41, 5.74) is 1.49. The SMILES string of the molecule is O=C(CSc1ccncc1)N1CC(N2CCc3sccc3C2)C1. The highest BCUT2D eigenvalue weighted by Gasteiger charge is 2.35. The Hall–Kier alpha value is -1.37. The fourth-order valence-electron chi connectivity index (χ4n) is 3.14. The van der Waals surface area contributed by atoms with Crippen molar-refractivity contribution in [3.63, 3.8) is 0 Å². The highest BCUT2D eigenvalue weighted by atomic mass is 32.2. The van der Waals surface area contributed by atoms with Gasteiger partial charge in [0.05, 0.1) is 5.75 Å². The Morgan fingerprint density at radius 3 is 2.96 bits per heavy atom. The van der Waals surface area contributed by atoms with E-state index in [-0.39, 0.29) is 5.91 Å². The van der Waals surface area contributed by atoms with E-state index in [4.69, 9.17) is 0 Å². The van der Waals surface area contributed by atoms with E-state index in [0.29, 0.717) is 11.8 Å². The molecule has 23 heavy (non-hydrogen) atoms. The minimum atomic E-state index is 0.247. The summed E-state index contributed by atoms with van der Waals surface area (Å²) in [6, 6.07) is 6.68. The van der Waals surface area contributed by atoms with Gasteiger partial charge in [-0.2, -0.15) is 0 Å². The second kappa shape index (κ2) is 6.63. The number of nitrogens with zero attached hydrogens (tertiary/aromatic N) is 3. The molecule has 4 rings (SSSR count). The second-order valence-electron chi connectivity index (χ2n) is 6.01. The van der Waals surface area contributed by atoms with Crippen LogP contribution in [-0.2, 0) is 17.8 Å². The summed E-state index contributed by atoms with van der Waals surface area (Å²) in [6.07, 6.45) is 4.69. The number of rotatable bonds is 4. The topological polar surface area (TPSA) is 36.4 Å². The molecular weight excluding hydrogens is 326 g/mol. The lowest BCUT2D eigenvalue weighted by atomic mass is 10.0. The predicted molar refractivity (Wildman–Crippen MR) is 93.8 cm³/mol. The maximum atomic E-state index is 12.3. The number of amides is 1. The first-order valence-corrected chi connectivity index (χ1v) is 9.76. The average Bonchev–Trinajstić information content (AvgIpc) is 3.00. The minimum absolute atomic E-state index is 0.247. The van der Waals surface area contributed by atoms with Crippen LogP contribution >= 0.6 is 23.1 Å². The number of likely N-dealkylation sites (tertiary alicyclic amines) is 1. The molecule has 0 aliphatic carbocycles. The Morgan fingerprint density at radius 1 is 1.30 bits per heavy atom. The average molecular weight is 345 g/mol. The van der Waals surface area contributed by atoms with Crippen LogP contribution in [0.25, 0.3) is 0 Å². The number of aromatic nitrogens is 1. The van der Waals surface area contributed by atoms with Crippen LogP contribution < -0.4 is 0 Å². The van der Waals surface area contributed by atoms with Crippen LogP contribution in [0.3, 0.4) is 0 Å². The van der Waals surface area contributed by atoms with Crippen molar-refractivity contribution in [3.8, 4) is 0 Å². The van der Waals surface area contributed by atoms with E-state index in [0.717, 1.165) is 37.5 Å². The zero-order valence-corrected chi connectivity index (χ0v) is 14.5. The molecule has 2 aliphatic heterocycles. The summed E-state index contributed by atoms with van der Waals surface area (Å²) in [4.78, 5) is 23.4. The molecule has 0 spiro atoms. The normalized spacial score (nSPS) is 18.5. The summed E-state index contributed by atoms with van der Waals surface area (Å²) in [7, 11) is 0. The number of pyridine rings is 1. The number of hydrogen-bond donors (Lipinski definition) is 0. The zero-order chi connectivity index (χ0) is 15.6. The molecule has 6 heteroatoms. The van der Waals surface area contributed by atoms with E-state index in [2.05, 4.69) is 21.3 Å². The van der Waals surface area contributed by atoms with E-state index < -0.39 is 0 Å². The van der Waals surface area contributed by atoms with Crippen LogP contribution in [0.15, 0.2) is 40.9 Å². The van der Waals surface area contributed by atoms with Gasteiger partial charge in [0.25, 0.3) is 0 Å². The molecule has 2 aromatic rings. The molecule has 1 fully saturated rings. The molecule has 0 unspecified atom stereocenters. The molecule has 0 atom stereocenters. The molecule has 0 radical (unpaired) electrons. The van der Waals surface area contributed by atoms with Gasteiger partial charge in [-0.1, -0.05) is 0 Å². The minimum Gasteiger partial charge on any atom is -0.339 e. The summed E-state index contributed by atoms with van der Waals surface area (Å²) in [5.74, 6) is 0.766. The third kappa shape index (κ3) is 3.29. The lowest BCUT2D eigenvalue weighted by Gasteiger charge is -2.46. The Balaban J connectivity index is 1.24. The van der Waals surface area contributed by atoms with Crippen molar-refractivity contribution >= 4 is 29.0 Å². The monoisotopic (exact) mass is 345 g/mol. The van der Waals surface area contributed by atoms with Crippen molar-refractivity contribution in [3.05, 3.63) is 46.4 Å². The van der Waals surface area contributed by atoms with E-state index in [1.807, 2.05) is 28.4 Å². The lowest BCUT2D eigenvalue weighted by molar-refractivity contribution is -0.135. The maximum absolute atomic E-state index is 12.3. The van der Waals surface area contributed by atoms with Gasteiger partial charge < -0.3 is 4.90 Å². The first-order chi connectivity index (χ1) is 11.3. The summed E-state index contributed by atoms with van der Waals surface area (Å²) in [5, 5.41) is 2.20. The van der Waals surface area contributed by atoms with Crippen LogP contribution in [0.5, 0.6) is 0 Å². The summed E-state index contributed by atoms with van der Waals surface area (Å²) in [6.45, 7) is 3.95. The van der Waals surface area contributed by atoms with E-state index in [1.54, 1.807) is 29.0 Å². The summed E-state index contributed by atoms with van der Waals surface area (Å²) < 4.78 is 0.